The third-order valence-electron chi connectivity index (χ3n) is 4.40. The Morgan fingerprint density at radius 1 is 0.900 bits per heavy atom. The molecule has 1 atom stereocenters. The highest BCUT2D eigenvalue weighted by Crippen LogP contribution is 2.24. The van der Waals surface area contributed by atoms with Crippen molar-refractivity contribution in [2.45, 2.75) is 72.6 Å². The number of hydrogen-bond donors (Lipinski definition) is 0. The first-order valence-corrected chi connectivity index (χ1v) is 8.11. The van der Waals surface area contributed by atoms with E-state index in [1.54, 1.807) is 11.1 Å². The van der Waals surface area contributed by atoms with E-state index in [0.29, 0.717) is 5.92 Å². The fourth-order valence-corrected chi connectivity index (χ4v) is 2.71. The van der Waals surface area contributed by atoms with E-state index in [0.717, 1.165) is 6.42 Å². The Labute approximate surface area is 126 Å². The van der Waals surface area contributed by atoms with Crippen LogP contribution in [0.1, 0.15) is 72.6 Å². The first kappa shape index (κ1) is 17.0. The lowest BCUT2D eigenvalue weighted by atomic mass is 9.89. The summed E-state index contributed by atoms with van der Waals surface area (Å²) in [6.45, 7) is 13.2. The van der Waals surface area contributed by atoms with E-state index in [4.69, 9.17) is 0 Å². The van der Waals surface area contributed by atoms with Crippen LogP contribution in [0.2, 0.25) is 0 Å². The largest absolute Gasteiger partial charge is 0.0998 e. The first-order valence-electron chi connectivity index (χ1n) is 8.11. The predicted molar refractivity (Wildman–Crippen MR) is 91.9 cm³/mol. The van der Waals surface area contributed by atoms with Gasteiger partial charge in [0.2, 0.25) is 0 Å². The highest BCUT2D eigenvalue weighted by molar-refractivity contribution is 5.09. The molecule has 1 rings (SSSR count). The van der Waals surface area contributed by atoms with Crippen molar-refractivity contribution in [1.82, 2.24) is 0 Å². The third kappa shape index (κ3) is 6.93. The van der Waals surface area contributed by atoms with E-state index >= 15 is 0 Å². The summed E-state index contributed by atoms with van der Waals surface area (Å²) in [6.07, 6.45) is 15.7. The average molecular weight is 272 g/mol. The second kappa shape index (κ2) is 9.00. The topological polar surface area (TPSA) is 0 Å². The predicted octanol–water partition coefficient (Wildman–Crippen LogP) is 6.76. The Morgan fingerprint density at radius 3 is 1.95 bits per heavy atom. The maximum atomic E-state index is 4.18. The van der Waals surface area contributed by atoms with Gasteiger partial charge in [-0.1, -0.05) is 47.1 Å². The van der Waals surface area contributed by atoms with Crippen molar-refractivity contribution in [2.24, 2.45) is 5.92 Å². The van der Waals surface area contributed by atoms with Gasteiger partial charge in [-0.15, -0.1) is 0 Å². The molecular formula is C20H32. The van der Waals surface area contributed by atoms with Gasteiger partial charge in [0.25, 0.3) is 0 Å². The van der Waals surface area contributed by atoms with Gasteiger partial charge in [-0.05, 0) is 78.6 Å². The molecular weight excluding hydrogens is 240 g/mol. The Morgan fingerprint density at radius 2 is 1.40 bits per heavy atom. The number of hydrogen-bond acceptors (Lipinski definition) is 0. The van der Waals surface area contributed by atoms with Crippen molar-refractivity contribution >= 4 is 0 Å². The lowest BCUT2D eigenvalue weighted by Crippen LogP contribution is -2.01. The normalized spacial score (nSPS) is 28.4. The van der Waals surface area contributed by atoms with Crippen LogP contribution >= 0.6 is 0 Å². The SMILES string of the molecule is C=C(C)[C@H]1CC=C(C)CC/C=C(\C)CC/C=C(\C)CC1. The van der Waals surface area contributed by atoms with E-state index in [1.807, 2.05) is 0 Å². The molecule has 0 N–H and O–H groups in total. The molecule has 0 aliphatic heterocycles. The van der Waals surface area contributed by atoms with Crippen LogP contribution in [0.5, 0.6) is 0 Å². The fourth-order valence-electron chi connectivity index (χ4n) is 2.71. The Bertz CT molecular complexity index is 404. The lowest BCUT2D eigenvalue weighted by Gasteiger charge is -2.16. The van der Waals surface area contributed by atoms with Crippen LogP contribution in [-0.2, 0) is 0 Å². The van der Waals surface area contributed by atoms with Gasteiger partial charge in [0, 0.05) is 0 Å². The zero-order valence-corrected chi connectivity index (χ0v) is 14.0. The standard InChI is InChI=1S/C20H32/c1-16(2)20-14-12-18(4)10-6-8-17(3)9-7-11-19(5)13-15-20/h8,11-12,20H,1,6-7,9-10,13-15H2,2-5H3/b17-8+,18-12?,19-11+/t20-/m0/s1. The molecule has 0 nitrogen and oxygen atoms in total. The molecule has 20 heavy (non-hydrogen) atoms. The van der Waals surface area contributed by atoms with Gasteiger partial charge >= 0.3 is 0 Å². The molecule has 0 spiro atoms. The molecule has 0 radical (unpaired) electrons. The summed E-state index contributed by atoms with van der Waals surface area (Å²) in [7, 11) is 0. The van der Waals surface area contributed by atoms with Gasteiger partial charge in [-0.2, -0.15) is 0 Å². The van der Waals surface area contributed by atoms with Gasteiger partial charge in [0.05, 0.1) is 0 Å². The molecule has 0 unspecified atom stereocenters. The molecule has 0 fully saturated rings. The van der Waals surface area contributed by atoms with E-state index in [9.17, 15) is 0 Å². The summed E-state index contributed by atoms with van der Waals surface area (Å²) in [5, 5.41) is 0. The van der Waals surface area contributed by atoms with Crippen molar-refractivity contribution in [3.63, 3.8) is 0 Å². The molecule has 0 heterocycles. The van der Waals surface area contributed by atoms with Crippen molar-refractivity contribution in [3.8, 4) is 0 Å². The number of allylic oxidation sites excluding steroid dienone is 7. The zero-order valence-electron chi connectivity index (χ0n) is 14.0. The molecule has 0 aromatic carbocycles. The fraction of sp³-hybridized carbons (Fsp3) is 0.600. The van der Waals surface area contributed by atoms with E-state index < -0.39 is 0 Å². The Hall–Kier alpha value is -1.04. The Balaban J connectivity index is 2.77. The summed E-state index contributed by atoms with van der Waals surface area (Å²) in [4.78, 5) is 0. The summed E-state index contributed by atoms with van der Waals surface area (Å²) >= 11 is 0. The van der Waals surface area contributed by atoms with E-state index in [2.05, 4.69) is 52.5 Å². The summed E-state index contributed by atoms with van der Waals surface area (Å²) < 4.78 is 0. The van der Waals surface area contributed by atoms with Crippen LogP contribution in [0.3, 0.4) is 0 Å². The van der Waals surface area contributed by atoms with Crippen molar-refractivity contribution in [1.29, 1.82) is 0 Å². The smallest absolute Gasteiger partial charge is 0.0171 e. The maximum absolute atomic E-state index is 4.18. The summed E-state index contributed by atoms with van der Waals surface area (Å²) in [5.74, 6) is 0.647. The van der Waals surface area contributed by atoms with Crippen LogP contribution in [0.25, 0.3) is 0 Å². The monoisotopic (exact) mass is 272 g/mol. The quantitative estimate of drug-likeness (QED) is 0.462. The summed E-state index contributed by atoms with van der Waals surface area (Å²) in [6, 6.07) is 0. The van der Waals surface area contributed by atoms with Gasteiger partial charge in [0.15, 0.2) is 0 Å². The van der Waals surface area contributed by atoms with E-state index in [1.165, 1.54) is 49.7 Å². The molecule has 0 amide bonds. The summed E-state index contributed by atoms with van der Waals surface area (Å²) in [5.41, 5.74) is 5.95. The number of rotatable bonds is 1. The highest BCUT2D eigenvalue weighted by Gasteiger charge is 2.08. The second-order valence-corrected chi connectivity index (χ2v) is 6.55. The zero-order chi connectivity index (χ0) is 15.0. The van der Waals surface area contributed by atoms with Crippen molar-refractivity contribution in [3.05, 3.63) is 47.1 Å². The minimum Gasteiger partial charge on any atom is -0.0998 e. The van der Waals surface area contributed by atoms with Gasteiger partial charge in [-0.3, -0.25) is 0 Å². The van der Waals surface area contributed by atoms with Gasteiger partial charge < -0.3 is 0 Å². The van der Waals surface area contributed by atoms with Crippen LogP contribution in [0, 0.1) is 5.92 Å². The molecule has 1 aliphatic rings. The minimum absolute atomic E-state index is 0.647. The molecule has 112 valence electrons. The maximum Gasteiger partial charge on any atom is -0.0171 e. The molecule has 0 bridgehead atoms. The first-order chi connectivity index (χ1) is 9.49. The minimum atomic E-state index is 0.647. The molecule has 0 heteroatoms. The van der Waals surface area contributed by atoms with Crippen LogP contribution in [0.4, 0.5) is 0 Å². The molecule has 0 saturated heterocycles. The van der Waals surface area contributed by atoms with Crippen LogP contribution < -0.4 is 0 Å². The van der Waals surface area contributed by atoms with Gasteiger partial charge in [-0.25, -0.2) is 0 Å². The van der Waals surface area contributed by atoms with Gasteiger partial charge in [0.1, 0.15) is 0 Å². The third-order valence-corrected chi connectivity index (χ3v) is 4.40. The molecule has 1 aliphatic carbocycles. The lowest BCUT2D eigenvalue weighted by molar-refractivity contribution is 0.564. The highest BCUT2D eigenvalue weighted by atomic mass is 14.1. The van der Waals surface area contributed by atoms with Crippen LogP contribution in [0.15, 0.2) is 47.1 Å². The van der Waals surface area contributed by atoms with Crippen molar-refractivity contribution < 1.29 is 0 Å². The second-order valence-electron chi connectivity index (χ2n) is 6.55. The Kier molecular flexibility index (Phi) is 7.65. The van der Waals surface area contributed by atoms with E-state index in [-0.39, 0.29) is 0 Å². The molecule has 0 aromatic rings. The average Bonchev–Trinajstić information content (AvgIpc) is 2.37. The van der Waals surface area contributed by atoms with Crippen molar-refractivity contribution in [2.75, 3.05) is 0 Å². The van der Waals surface area contributed by atoms with Crippen LogP contribution in [-0.4, -0.2) is 0 Å². The molecule has 0 saturated carbocycles. The molecule has 0 aromatic heterocycles.